The molecule has 0 aromatic heterocycles. The number of likely N-dealkylation sites (N-methyl/N-ethyl adjacent to an activating group) is 1. The van der Waals surface area contributed by atoms with Crippen LogP contribution in [0.2, 0.25) is 0 Å². The Morgan fingerprint density at radius 3 is 2.41 bits per heavy atom. The first-order valence-corrected chi connectivity index (χ1v) is 7.98. The molecule has 0 heterocycles. The minimum absolute atomic E-state index is 0. The summed E-state index contributed by atoms with van der Waals surface area (Å²) in [5.41, 5.74) is 1.92. The van der Waals surface area contributed by atoms with Gasteiger partial charge in [0.25, 0.3) is 0 Å². The fourth-order valence-corrected chi connectivity index (χ4v) is 2.27. The van der Waals surface area contributed by atoms with Crippen molar-refractivity contribution in [1.29, 1.82) is 0 Å². The first-order chi connectivity index (χ1) is 10.0. The Labute approximate surface area is 142 Å². The van der Waals surface area contributed by atoms with Gasteiger partial charge < -0.3 is 16.0 Å². The Kier molecular flexibility index (Phi) is 10.7. The van der Waals surface area contributed by atoms with E-state index in [9.17, 15) is 9.59 Å². The van der Waals surface area contributed by atoms with Crippen molar-refractivity contribution in [2.24, 2.45) is 0 Å². The van der Waals surface area contributed by atoms with Crippen molar-refractivity contribution in [1.82, 2.24) is 10.6 Å². The van der Waals surface area contributed by atoms with Crippen LogP contribution in [0, 0.1) is 6.92 Å². The molecule has 1 aromatic rings. The number of hydrogen-bond donors (Lipinski definition) is 3. The van der Waals surface area contributed by atoms with Gasteiger partial charge in [0.1, 0.15) is 0 Å². The van der Waals surface area contributed by atoms with Gasteiger partial charge in [-0.25, -0.2) is 0 Å². The first kappa shape index (κ1) is 20.8. The second-order valence-electron chi connectivity index (χ2n) is 4.76. The van der Waals surface area contributed by atoms with Crippen LogP contribution in [0.5, 0.6) is 0 Å². The van der Waals surface area contributed by atoms with Crippen molar-refractivity contribution in [3.05, 3.63) is 29.8 Å². The summed E-state index contributed by atoms with van der Waals surface area (Å²) in [5.74, 6) is 0.117. The summed E-state index contributed by atoms with van der Waals surface area (Å²) in [5, 5.41) is 8.34. The number of aryl methyl sites for hydroxylation is 1. The van der Waals surface area contributed by atoms with E-state index in [2.05, 4.69) is 16.0 Å². The Balaban J connectivity index is 0.00000441. The smallest absolute Gasteiger partial charge is 0.234 e. The Bertz CT molecular complexity index is 468. The minimum Gasteiger partial charge on any atom is -0.354 e. The summed E-state index contributed by atoms with van der Waals surface area (Å²) in [6, 6.07) is 7.62. The van der Waals surface area contributed by atoms with Crippen molar-refractivity contribution in [3.63, 3.8) is 0 Å². The van der Waals surface area contributed by atoms with Crippen LogP contribution in [-0.2, 0) is 9.59 Å². The summed E-state index contributed by atoms with van der Waals surface area (Å²) < 4.78 is 0. The number of halogens is 1. The normalized spacial score (nSPS) is 11.2. The summed E-state index contributed by atoms with van der Waals surface area (Å²) in [6.07, 6.45) is 0. The van der Waals surface area contributed by atoms with Crippen molar-refractivity contribution in [3.8, 4) is 0 Å². The number of nitrogens with one attached hydrogen (secondary N) is 3. The molecule has 0 aliphatic rings. The number of thioether (sulfide) groups is 1. The van der Waals surface area contributed by atoms with Gasteiger partial charge in [-0.15, -0.1) is 24.2 Å². The maximum Gasteiger partial charge on any atom is 0.234 e. The lowest BCUT2D eigenvalue weighted by Gasteiger charge is -2.12. The van der Waals surface area contributed by atoms with E-state index in [1.165, 1.54) is 11.8 Å². The van der Waals surface area contributed by atoms with Crippen LogP contribution < -0.4 is 16.0 Å². The number of carbonyl (C=O) groups is 2. The van der Waals surface area contributed by atoms with E-state index in [1.54, 1.807) is 6.92 Å². The van der Waals surface area contributed by atoms with Gasteiger partial charge in [0.15, 0.2) is 0 Å². The maximum absolute atomic E-state index is 11.8. The fourth-order valence-electron chi connectivity index (χ4n) is 1.56. The van der Waals surface area contributed by atoms with E-state index in [1.807, 2.05) is 38.2 Å². The fraction of sp³-hybridized carbons (Fsp3) is 0.467. The van der Waals surface area contributed by atoms with Crippen molar-refractivity contribution >= 4 is 41.7 Å². The van der Waals surface area contributed by atoms with Crippen LogP contribution in [0.3, 0.4) is 0 Å². The average molecular weight is 346 g/mol. The molecular formula is C15H24ClN3O2S. The predicted molar refractivity (Wildman–Crippen MR) is 95.9 cm³/mol. The number of amides is 2. The molecule has 22 heavy (non-hydrogen) atoms. The Morgan fingerprint density at radius 2 is 1.82 bits per heavy atom. The first-order valence-electron chi connectivity index (χ1n) is 6.93. The third kappa shape index (κ3) is 8.26. The Hall–Kier alpha value is -1.24. The molecule has 0 aliphatic heterocycles. The molecule has 1 aromatic carbocycles. The largest absolute Gasteiger partial charge is 0.354 e. The Morgan fingerprint density at radius 1 is 1.18 bits per heavy atom. The van der Waals surface area contributed by atoms with Crippen LogP contribution in [-0.4, -0.2) is 43.0 Å². The van der Waals surface area contributed by atoms with Crippen molar-refractivity contribution < 1.29 is 9.59 Å². The summed E-state index contributed by atoms with van der Waals surface area (Å²) in [6.45, 7) is 5.13. The third-order valence-corrected chi connectivity index (χ3v) is 3.99. The van der Waals surface area contributed by atoms with E-state index in [4.69, 9.17) is 0 Å². The quantitative estimate of drug-likeness (QED) is 0.628. The molecule has 5 nitrogen and oxygen atoms in total. The van der Waals surface area contributed by atoms with Crippen LogP contribution >= 0.6 is 24.2 Å². The zero-order chi connectivity index (χ0) is 15.7. The molecule has 1 atom stereocenters. The maximum atomic E-state index is 11.8. The topological polar surface area (TPSA) is 70.2 Å². The summed E-state index contributed by atoms with van der Waals surface area (Å²) in [4.78, 5) is 23.5. The molecular weight excluding hydrogens is 322 g/mol. The monoisotopic (exact) mass is 345 g/mol. The van der Waals surface area contributed by atoms with E-state index in [-0.39, 0.29) is 35.2 Å². The standard InChI is InChI=1S/C15H23N3O2S.ClH/c1-11-4-6-13(7-5-11)18-14(19)10-21-12(2)15(20)17-9-8-16-3;/h4-7,12,16H,8-10H2,1-3H3,(H,17,20)(H,18,19);1H. The highest BCUT2D eigenvalue weighted by Crippen LogP contribution is 2.13. The highest BCUT2D eigenvalue weighted by molar-refractivity contribution is 8.01. The molecule has 0 aliphatic carbocycles. The SMILES string of the molecule is CNCCNC(=O)C(C)SCC(=O)Nc1ccc(C)cc1.Cl. The number of anilines is 1. The van der Waals surface area contributed by atoms with Crippen LogP contribution in [0.25, 0.3) is 0 Å². The number of carbonyl (C=O) groups excluding carboxylic acids is 2. The van der Waals surface area contributed by atoms with E-state index >= 15 is 0 Å². The molecule has 1 unspecified atom stereocenters. The summed E-state index contributed by atoms with van der Waals surface area (Å²) >= 11 is 1.33. The molecule has 2 amide bonds. The van der Waals surface area contributed by atoms with Crippen LogP contribution in [0.4, 0.5) is 5.69 Å². The lowest BCUT2D eigenvalue weighted by atomic mass is 10.2. The second-order valence-corrected chi connectivity index (χ2v) is 6.09. The van der Waals surface area contributed by atoms with Crippen molar-refractivity contribution in [2.75, 3.05) is 31.2 Å². The highest BCUT2D eigenvalue weighted by atomic mass is 35.5. The average Bonchev–Trinajstić information content (AvgIpc) is 2.47. The zero-order valence-corrected chi connectivity index (χ0v) is 14.8. The number of hydrogen-bond acceptors (Lipinski definition) is 4. The predicted octanol–water partition coefficient (Wildman–Crippen LogP) is 1.81. The molecule has 1 rings (SSSR count). The van der Waals surface area contributed by atoms with Gasteiger partial charge in [-0.05, 0) is 33.0 Å². The molecule has 124 valence electrons. The molecule has 0 saturated carbocycles. The van der Waals surface area contributed by atoms with Gasteiger partial charge in [-0.1, -0.05) is 17.7 Å². The number of rotatable bonds is 8. The second kappa shape index (κ2) is 11.3. The molecule has 0 spiro atoms. The molecule has 0 fully saturated rings. The lowest BCUT2D eigenvalue weighted by molar-refractivity contribution is -0.120. The lowest BCUT2D eigenvalue weighted by Crippen LogP contribution is -2.35. The van der Waals surface area contributed by atoms with Crippen molar-refractivity contribution in [2.45, 2.75) is 19.1 Å². The molecule has 7 heteroatoms. The van der Waals surface area contributed by atoms with E-state index < -0.39 is 0 Å². The third-order valence-electron chi connectivity index (χ3n) is 2.84. The summed E-state index contributed by atoms with van der Waals surface area (Å²) in [7, 11) is 1.83. The van der Waals surface area contributed by atoms with E-state index in [0.717, 1.165) is 17.8 Å². The van der Waals surface area contributed by atoms with Gasteiger partial charge >= 0.3 is 0 Å². The van der Waals surface area contributed by atoms with Gasteiger partial charge in [0, 0.05) is 18.8 Å². The molecule has 0 bridgehead atoms. The highest BCUT2D eigenvalue weighted by Gasteiger charge is 2.14. The van der Waals surface area contributed by atoms with Gasteiger partial charge in [-0.3, -0.25) is 9.59 Å². The molecule has 0 radical (unpaired) electrons. The van der Waals surface area contributed by atoms with E-state index in [0.29, 0.717) is 6.54 Å². The number of benzene rings is 1. The van der Waals surface area contributed by atoms with Crippen LogP contribution in [0.15, 0.2) is 24.3 Å². The molecule has 3 N–H and O–H groups in total. The van der Waals surface area contributed by atoms with Crippen LogP contribution in [0.1, 0.15) is 12.5 Å². The zero-order valence-electron chi connectivity index (χ0n) is 13.1. The van der Waals surface area contributed by atoms with Gasteiger partial charge in [0.05, 0.1) is 11.0 Å². The van der Waals surface area contributed by atoms with Gasteiger partial charge in [-0.2, -0.15) is 0 Å². The molecule has 0 saturated heterocycles. The minimum atomic E-state index is -0.245. The van der Waals surface area contributed by atoms with Gasteiger partial charge in [0.2, 0.25) is 11.8 Å².